The Balaban J connectivity index is 1.89. The lowest BCUT2D eigenvalue weighted by Gasteiger charge is -2.16. The highest BCUT2D eigenvalue weighted by Gasteiger charge is 2.28. The molecule has 0 aromatic heterocycles. The lowest BCUT2D eigenvalue weighted by Crippen LogP contribution is -2.50. The second-order valence-corrected chi connectivity index (χ2v) is 5.10. The van der Waals surface area contributed by atoms with Gasteiger partial charge in [0.25, 0.3) is 5.91 Å². The third-order valence-corrected chi connectivity index (χ3v) is 3.29. The summed E-state index contributed by atoms with van der Waals surface area (Å²) in [5, 5.41) is 5.17. The van der Waals surface area contributed by atoms with Crippen molar-refractivity contribution in [3.8, 4) is 0 Å². The molecule has 112 valence electrons. The van der Waals surface area contributed by atoms with Gasteiger partial charge in [0.2, 0.25) is 5.91 Å². The minimum absolute atomic E-state index is 0.0229. The summed E-state index contributed by atoms with van der Waals surface area (Å²) in [7, 11) is 0. The molecule has 1 aromatic rings. The van der Waals surface area contributed by atoms with Crippen molar-refractivity contribution in [1.82, 2.24) is 10.6 Å². The molecule has 2 amide bonds. The Bertz CT molecular complexity index is 553. The number of hydrogen-bond donors (Lipinski definition) is 2. The molecule has 6 heteroatoms. The van der Waals surface area contributed by atoms with Gasteiger partial charge in [0.15, 0.2) is 5.78 Å². The molecule has 0 radical (unpaired) electrons. The van der Waals surface area contributed by atoms with Crippen molar-refractivity contribution >= 4 is 17.6 Å². The van der Waals surface area contributed by atoms with Crippen molar-refractivity contribution in [2.45, 2.75) is 25.9 Å². The zero-order valence-electron chi connectivity index (χ0n) is 12.0. The molecule has 2 rings (SSSR count). The number of amides is 2. The average Bonchev–Trinajstić information content (AvgIpc) is 2.84. The Labute approximate surface area is 122 Å². The van der Waals surface area contributed by atoms with Gasteiger partial charge in [-0.15, -0.1) is 0 Å². The largest absolute Gasteiger partial charge is 0.371 e. The highest BCUT2D eigenvalue weighted by molar-refractivity contribution is 5.98. The predicted octanol–water partition coefficient (Wildman–Crippen LogP) is 0.197. The molecule has 0 unspecified atom stereocenters. The molecule has 0 saturated carbocycles. The van der Waals surface area contributed by atoms with E-state index in [1.165, 1.54) is 0 Å². The van der Waals surface area contributed by atoms with Gasteiger partial charge in [-0.05, 0) is 26.0 Å². The molecular formula is C15H18N2O4. The first-order chi connectivity index (χ1) is 9.97. The molecular weight excluding hydrogens is 272 g/mol. The molecule has 1 saturated heterocycles. The summed E-state index contributed by atoms with van der Waals surface area (Å²) >= 11 is 0. The normalized spacial score (nSPS) is 19.1. The Morgan fingerprint density at radius 2 is 1.95 bits per heavy atom. The van der Waals surface area contributed by atoms with Crippen molar-refractivity contribution in [2.75, 3.05) is 13.2 Å². The number of ketones is 1. The Kier molecular flexibility index (Phi) is 4.70. The summed E-state index contributed by atoms with van der Waals surface area (Å²) in [4.78, 5) is 35.3. The van der Waals surface area contributed by atoms with Crippen molar-refractivity contribution in [3.63, 3.8) is 0 Å². The van der Waals surface area contributed by atoms with Crippen LogP contribution in [0.5, 0.6) is 0 Å². The molecule has 1 aliphatic heterocycles. The summed E-state index contributed by atoms with van der Waals surface area (Å²) in [5.41, 5.74) is 1.54. The first kappa shape index (κ1) is 15.2. The standard InChI is InChI=1S/C15H18N2O4/c1-9-3-5-11(6-4-9)15(20)16-10(2)14(19)17-12-7-21-8-13(12)18/h3-6,10,12H,7-8H2,1-2H3,(H,16,20)(H,17,19)/t10-,12-/m0/s1. The maximum Gasteiger partial charge on any atom is 0.251 e. The molecule has 6 nitrogen and oxygen atoms in total. The van der Waals surface area contributed by atoms with Gasteiger partial charge >= 0.3 is 0 Å². The second kappa shape index (κ2) is 6.49. The third kappa shape index (κ3) is 3.88. The molecule has 0 aliphatic carbocycles. The number of ether oxygens (including phenoxy) is 1. The van der Waals surface area contributed by atoms with Crippen LogP contribution in [0.2, 0.25) is 0 Å². The molecule has 0 bridgehead atoms. The van der Waals surface area contributed by atoms with Crippen LogP contribution in [0, 0.1) is 6.92 Å². The average molecular weight is 290 g/mol. The van der Waals surface area contributed by atoms with Crippen LogP contribution in [0.3, 0.4) is 0 Å². The second-order valence-electron chi connectivity index (χ2n) is 5.10. The zero-order chi connectivity index (χ0) is 15.4. The van der Waals surface area contributed by atoms with E-state index >= 15 is 0 Å². The van der Waals surface area contributed by atoms with E-state index in [0.717, 1.165) is 5.56 Å². The number of benzene rings is 1. The molecule has 2 atom stereocenters. The van der Waals surface area contributed by atoms with E-state index in [1.54, 1.807) is 19.1 Å². The van der Waals surface area contributed by atoms with Crippen LogP contribution in [0.15, 0.2) is 24.3 Å². The molecule has 1 aromatic carbocycles. The Morgan fingerprint density at radius 3 is 2.52 bits per heavy atom. The number of carbonyl (C=O) groups is 3. The monoisotopic (exact) mass is 290 g/mol. The van der Waals surface area contributed by atoms with Crippen molar-refractivity contribution in [2.24, 2.45) is 0 Å². The Hall–Kier alpha value is -2.21. The van der Waals surface area contributed by atoms with Gasteiger partial charge in [-0.2, -0.15) is 0 Å². The van der Waals surface area contributed by atoms with Crippen molar-refractivity contribution < 1.29 is 19.1 Å². The van der Waals surface area contributed by atoms with Gasteiger partial charge in [-0.1, -0.05) is 17.7 Å². The van der Waals surface area contributed by atoms with E-state index < -0.39 is 18.0 Å². The molecule has 2 N–H and O–H groups in total. The first-order valence-corrected chi connectivity index (χ1v) is 6.75. The van der Waals surface area contributed by atoms with Gasteiger partial charge in [-0.25, -0.2) is 0 Å². The highest BCUT2D eigenvalue weighted by atomic mass is 16.5. The van der Waals surface area contributed by atoms with E-state index in [1.807, 2.05) is 19.1 Å². The fraction of sp³-hybridized carbons (Fsp3) is 0.400. The topological polar surface area (TPSA) is 84.5 Å². The van der Waals surface area contributed by atoms with E-state index in [2.05, 4.69) is 10.6 Å². The number of Topliss-reactive ketones (excluding diaryl/α,β-unsaturated/α-hetero) is 1. The van der Waals surface area contributed by atoms with Crippen LogP contribution in [0.25, 0.3) is 0 Å². The van der Waals surface area contributed by atoms with E-state index in [9.17, 15) is 14.4 Å². The molecule has 0 spiro atoms. The minimum Gasteiger partial charge on any atom is -0.371 e. The van der Waals surface area contributed by atoms with E-state index in [-0.39, 0.29) is 24.9 Å². The van der Waals surface area contributed by atoms with Crippen LogP contribution >= 0.6 is 0 Å². The van der Waals surface area contributed by atoms with E-state index in [4.69, 9.17) is 4.74 Å². The van der Waals surface area contributed by atoms with Gasteiger partial charge in [-0.3, -0.25) is 14.4 Å². The van der Waals surface area contributed by atoms with Gasteiger partial charge in [0.1, 0.15) is 18.7 Å². The number of carbonyl (C=O) groups excluding carboxylic acids is 3. The van der Waals surface area contributed by atoms with Crippen molar-refractivity contribution in [3.05, 3.63) is 35.4 Å². The quantitative estimate of drug-likeness (QED) is 0.829. The van der Waals surface area contributed by atoms with Crippen LogP contribution in [0.4, 0.5) is 0 Å². The number of aryl methyl sites for hydroxylation is 1. The lowest BCUT2D eigenvalue weighted by molar-refractivity contribution is -0.127. The number of hydrogen-bond acceptors (Lipinski definition) is 4. The minimum atomic E-state index is -0.729. The Morgan fingerprint density at radius 1 is 1.29 bits per heavy atom. The maximum atomic E-state index is 12.0. The van der Waals surface area contributed by atoms with Crippen LogP contribution < -0.4 is 10.6 Å². The van der Waals surface area contributed by atoms with Gasteiger partial charge in [0, 0.05) is 5.56 Å². The summed E-state index contributed by atoms with van der Waals surface area (Å²) in [5.74, 6) is -0.883. The number of rotatable bonds is 4. The maximum absolute atomic E-state index is 12.0. The molecule has 1 fully saturated rings. The fourth-order valence-electron chi connectivity index (χ4n) is 1.94. The lowest BCUT2D eigenvalue weighted by atomic mass is 10.1. The molecule has 1 heterocycles. The van der Waals surface area contributed by atoms with Crippen LogP contribution in [-0.4, -0.2) is 42.9 Å². The summed E-state index contributed by atoms with van der Waals surface area (Å²) < 4.78 is 4.96. The molecule has 1 aliphatic rings. The zero-order valence-corrected chi connectivity index (χ0v) is 12.0. The first-order valence-electron chi connectivity index (χ1n) is 6.75. The van der Waals surface area contributed by atoms with Crippen molar-refractivity contribution in [1.29, 1.82) is 0 Å². The van der Waals surface area contributed by atoms with Crippen LogP contribution in [-0.2, 0) is 14.3 Å². The van der Waals surface area contributed by atoms with Gasteiger partial charge in [0.05, 0.1) is 6.61 Å². The third-order valence-electron chi connectivity index (χ3n) is 3.29. The smallest absolute Gasteiger partial charge is 0.251 e. The predicted molar refractivity (Wildman–Crippen MR) is 75.9 cm³/mol. The SMILES string of the molecule is Cc1ccc(C(=O)N[C@@H](C)C(=O)N[C@H]2COCC2=O)cc1. The van der Waals surface area contributed by atoms with Crippen LogP contribution in [0.1, 0.15) is 22.8 Å². The molecule has 21 heavy (non-hydrogen) atoms. The van der Waals surface area contributed by atoms with E-state index in [0.29, 0.717) is 5.56 Å². The summed E-state index contributed by atoms with van der Waals surface area (Å²) in [6.45, 7) is 3.71. The summed E-state index contributed by atoms with van der Waals surface area (Å²) in [6, 6.07) is 5.71. The fourth-order valence-corrected chi connectivity index (χ4v) is 1.94. The van der Waals surface area contributed by atoms with Gasteiger partial charge < -0.3 is 15.4 Å². The highest BCUT2D eigenvalue weighted by Crippen LogP contribution is 2.04. The number of nitrogens with one attached hydrogen (secondary N) is 2. The summed E-state index contributed by atoms with van der Waals surface area (Å²) in [6.07, 6.45) is 0.